The highest BCUT2D eigenvalue weighted by molar-refractivity contribution is 9.18. The Hall–Kier alpha value is -0.770. The van der Waals surface area contributed by atoms with Crippen LogP contribution in [-0.2, 0) is 0 Å². The molecule has 0 atom stereocenters. The van der Waals surface area contributed by atoms with E-state index in [1.165, 1.54) is 0 Å². The maximum atomic E-state index is 12.6. The van der Waals surface area contributed by atoms with Crippen LogP contribution in [0.25, 0.3) is 0 Å². The molecule has 0 spiro atoms. The van der Waals surface area contributed by atoms with Crippen LogP contribution in [0.2, 0.25) is 0 Å². The van der Waals surface area contributed by atoms with E-state index < -0.39 is 16.3 Å². The van der Waals surface area contributed by atoms with E-state index >= 15 is 0 Å². The van der Waals surface area contributed by atoms with Crippen molar-refractivity contribution in [3.8, 4) is 0 Å². The zero-order chi connectivity index (χ0) is 8.43. The number of rotatable bonds is 1. The third-order valence-corrected chi connectivity index (χ3v) is 1.57. The lowest BCUT2D eigenvalue weighted by Crippen LogP contribution is -1.93. The molecule has 0 aromatic heterocycles. The SMILES string of the molecule is O=C(Br)c1ccc(F)cc1F. The largest absolute Gasteiger partial charge is 0.281 e. The fraction of sp³-hybridized carbons (Fsp3) is 0. The molecule has 0 unspecified atom stereocenters. The molecule has 0 heterocycles. The Kier molecular flexibility index (Phi) is 2.34. The standard InChI is InChI=1S/C7H3BrF2O/c8-7(11)5-2-1-4(9)3-6(5)10/h1-3H. The van der Waals surface area contributed by atoms with Crippen molar-refractivity contribution in [1.29, 1.82) is 0 Å². The van der Waals surface area contributed by atoms with Crippen LogP contribution in [0, 0.1) is 11.6 Å². The van der Waals surface area contributed by atoms with Crippen LogP contribution in [0.4, 0.5) is 8.78 Å². The molecule has 1 nitrogen and oxygen atoms in total. The zero-order valence-electron chi connectivity index (χ0n) is 5.27. The van der Waals surface area contributed by atoms with Crippen molar-refractivity contribution in [2.75, 3.05) is 0 Å². The van der Waals surface area contributed by atoms with E-state index in [1.807, 2.05) is 0 Å². The summed E-state index contributed by atoms with van der Waals surface area (Å²) >= 11 is 2.56. The van der Waals surface area contributed by atoms with Crippen LogP contribution in [0.15, 0.2) is 18.2 Å². The molecule has 0 bridgehead atoms. The smallest absolute Gasteiger partial charge is 0.230 e. The Balaban J connectivity index is 3.20. The Morgan fingerprint density at radius 2 is 2.00 bits per heavy atom. The minimum absolute atomic E-state index is 0.161. The summed E-state index contributed by atoms with van der Waals surface area (Å²) < 4.78 is 24.3. The lowest BCUT2D eigenvalue weighted by atomic mass is 10.2. The first kappa shape index (κ1) is 8.33. The predicted octanol–water partition coefficient (Wildman–Crippen LogP) is 2.50. The van der Waals surface area contributed by atoms with Crippen molar-refractivity contribution in [3.63, 3.8) is 0 Å². The summed E-state index contributed by atoms with van der Waals surface area (Å²) in [6.07, 6.45) is 0. The molecule has 1 rings (SSSR count). The molecule has 0 amide bonds. The molecule has 0 saturated heterocycles. The first-order chi connectivity index (χ1) is 5.11. The second-order valence-electron chi connectivity index (χ2n) is 1.90. The zero-order valence-corrected chi connectivity index (χ0v) is 6.86. The van der Waals surface area contributed by atoms with Crippen LogP contribution >= 0.6 is 15.9 Å². The average Bonchev–Trinajstić information content (AvgIpc) is 1.85. The van der Waals surface area contributed by atoms with Crippen molar-refractivity contribution < 1.29 is 13.6 Å². The van der Waals surface area contributed by atoms with Gasteiger partial charge in [0.2, 0.25) is 4.69 Å². The van der Waals surface area contributed by atoms with E-state index in [0.29, 0.717) is 6.07 Å². The first-order valence-corrected chi connectivity index (χ1v) is 3.55. The average molecular weight is 221 g/mol. The number of carbonyl (C=O) groups excluding carboxylic acids is 1. The highest BCUT2D eigenvalue weighted by Gasteiger charge is 2.08. The lowest BCUT2D eigenvalue weighted by Gasteiger charge is -1.95. The fourth-order valence-electron chi connectivity index (χ4n) is 0.649. The molecule has 0 N–H and O–H groups in total. The van der Waals surface area contributed by atoms with Gasteiger partial charge in [-0.2, -0.15) is 0 Å². The van der Waals surface area contributed by atoms with E-state index in [0.717, 1.165) is 12.1 Å². The van der Waals surface area contributed by atoms with Crippen LogP contribution in [-0.4, -0.2) is 4.69 Å². The molecule has 0 fully saturated rings. The molecule has 0 aliphatic heterocycles. The van der Waals surface area contributed by atoms with Gasteiger partial charge in [-0.25, -0.2) is 8.78 Å². The second kappa shape index (κ2) is 3.09. The minimum atomic E-state index is -0.855. The van der Waals surface area contributed by atoms with Gasteiger partial charge >= 0.3 is 0 Å². The normalized spacial score (nSPS) is 9.73. The topological polar surface area (TPSA) is 17.1 Å². The maximum Gasteiger partial charge on any atom is 0.230 e. The van der Waals surface area contributed by atoms with Crippen LogP contribution < -0.4 is 0 Å². The number of benzene rings is 1. The number of halogens is 3. The molecule has 58 valence electrons. The summed E-state index contributed by atoms with van der Waals surface area (Å²) in [4.78, 5) is 10.5. The van der Waals surface area contributed by atoms with Crippen molar-refractivity contribution in [3.05, 3.63) is 35.4 Å². The minimum Gasteiger partial charge on any atom is -0.281 e. The van der Waals surface area contributed by atoms with Crippen molar-refractivity contribution >= 4 is 20.6 Å². The van der Waals surface area contributed by atoms with Gasteiger partial charge in [0.25, 0.3) is 0 Å². The molecule has 0 aliphatic carbocycles. The first-order valence-electron chi connectivity index (χ1n) is 2.76. The van der Waals surface area contributed by atoms with E-state index in [2.05, 4.69) is 15.9 Å². The van der Waals surface area contributed by atoms with Crippen LogP contribution in [0.1, 0.15) is 10.4 Å². The van der Waals surface area contributed by atoms with E-state index in [1.54, 1.807) is 0 Å². The van der Waals surface area contributed by atoms with E-state index in [-0.39, 0.29) is 5.56 Å². The molecular weight excluding hydrogens is 218 g/mol. The Bertz CT molecular complexity index is 298. The van der Waals surface area contributed by atoms with Gasteiger partial charge in [-0.15, -0.1) is 0 Å². The fourth-order valence-corrected chi connectivity index (χ4v) is 0.970. The number of hydrogen-bond acceptors (Lipinski definition) is 1. The Labute approximate surface area is 70.2 Å². The van der Waals surface area contributed by atoms with E-state index in [4.69, 9.17) is 0 Å². The number of carbonyl (C=O) groups is 1. The summed E-state index contributed by atoms with van der Waals surface area (Å²) in [7, 11) is 0. The van der Waals surface area contributed by atoms with Crippen LogP contribution in [0.5, 0.6) is 0 Å². The van der Waals surface area contributed by atoms with Crippen LogP contribution in [0.3, 0.4) is 0 Å². The van der Waals surface area contributed by atoms with Gasteiger partial charge in [0, 0.05) is 6.07 Å². The summed E-state index contributed by atoms with van der Waals surface area (Å²) in [5, 5.41) is 0. The van der Waals surface area contributed by atoms with Crippen molar-refractivity contribution in [2.45, 2.75) is 0 Å². The van der Waals surface area contributed by atoms with Gasteiger partial charge in [-0.05, 0) is 28.1 Å². The molecular formula is C7H3BrF2O. The van der Waals surface area contributed by atoms with Gasteiger partial charge in [0.05, 0.1) is 5.56 Å². The van der Waals surface area contributed by atoms with Crippen molar-refractivity contribution in [2.24, 2.45) is 0 Å². The third-order valence-electron chi connectivity index (χ3n) is 1.14. The summed E-state index contributed by atoms with van der Waals surface area (Å²) in [6.45, 7) is 0. The molecule has 0 saturated carbocycles. The molecule has 0 aliphatic rings. The second-order valence-corrected chi connectivity index (χ2v) is 2.62. The van der Waals surface area contributed by atoms with Crippen molar-refractivity contribution in [1.82, 2.24) is 0 Å². The quantitative estimate of drug-likeness (QED) is 0.665. The molecule has 11 heavy (non-hydrogen) atoms. The summed E-state index contributed by atoms with van der Waals surface area (Å²) in [5.41, 5.74) is -0.161. The maximum absolute atomic E-state index is 12.6. The Morgan fingerprint density at radius 1 is 1.36 bits per heavy atom. The lowest BCUT2D eigenvalue weighted by molar-refractivity contribution is 0.109. The Morgan fingerprint density at radius 3 is 2.45 bits per heavy atom. The summed E-state index contributed by atoms with van der Waals surface area (Å²) in [6, 6.07) is 2.77. The van der Waals surface area contributed by atoms with Gasteiger partial charge in [-0.3, -0.25) is 4.79 Å². The molecule has 1 aromatic rings. The molecule has 0 radical (unpaired) electrons. The molecule has 1 aromatic carbocycles. The monoisotopic (exact) mass is 220 g/mol. The molecule has 4 heteroatoms. The summed E-state index contributed by atoms with van der Waals surface area (Å²) in [5.74, 6) is -1.55. The van der Waals surface area contributed by atoms with Gasteiger partial charge in [0.15, 0.2) is 0 Å². The predicted molar refractivity (Wildman–Crippen MR) is 39.6 cm³/mol. The van der Waals surface area contributed by atoms with Gasteiger partial charge in [0.1, 0.15) is 11.6 Å². The van der Waals surface area contributed by atoms with E-state index in [9.17, 15) is 13.6 Å². The highest BCUT2D eigenvalue weighted by atomic mass is 79.9. The third kappa shape index (κ3) is 1.83. The van der Waals surface area contributed by atoms with Gasteiger partial charge < -0.3 is 0 Å². The van der Waals surface area contributed by atoms with Gasteiger partial charge in [-0.1, -0.05) is 0 Å². The number of hydrogen-bond donors (Lipinski definition) is 0. The highest BCUT2D eigenvalue weighted by Crippen LogP contribution is 2.12.